The first kappa shape index (κ1) is 13.3. The number of thioether (sulfide) groups is 1. The maximum Gasteiger partial charge on any atom is 0.139 e. The second-order valence-corrected chi connectivity index (χ2v) is 5.68. The van der Waals surface area contributed by atoms with Gasteiger partial charge in [0, 0.05) is 16.0 Å². The number of aromatic amines is 1. The number of nitrogens with zero attached hydrogens (tertiary/aromatic N) is 1. The van der Waals surface area contributed by atoms with Gasteiger partial charge in [-0.1, -0.05) is 42.5 Å². The van der Waals surface area contributed by atoms with E-state index in [-0.39, 0.29) is 0 Å². The van der Waals surface area contributed by atoms with Gasteiger partial charge in [-0.2, -0.15) is 0 Å². The predicted octanol–water partition coefficient (Wildman–Crippen LogP) is 4.75. The highest BCUT2D eigenvalue weighted by atomic mass is 32.2. The smallest absolute Gasteiger partial charge is 0.139 e. The van der Waals surface area contributed by atoms with Crippen molar-refractivity contribution < 1.29 is 0 Å². The fraction of sp³-hybridized carbons (Fsp3) is 0.0625. The number of nitrogens with one attached hydrogen (secondary N) is 1. The lowest BCUT2D eigenvalue weighted by Gasteiger charge is -1.99. The highest BCUT2D eigenvalue weighted by molar-refractivity contribution is 7.98. The van der Waals surface area contributed by atoms with E-state index in [4.69, 9.17) is 0 Å². The van der Waals surface area contributed by atoms with Crippen LogP contribution in [0.15, 0.2) is 64.5 Å². The van der Waals surface area contributed by atoms with Crippen molar-refractivity contribution in [3.8, 4) is 22.6 Å². The SMILES string of the molecule is CSc1ccc(-c2nc(S)c(-c3ccccc3)[nH]2)cc1. The second kappa shape index (κ2) is 5.77. The maximum absolute atomic E-state index is 4.51. The topological polar surface area (TPSA) is 28.7 Å². The molecular formula is C16H14N2S2. The summed E-state index contributed by atoms with van der Waals surface area (Å²) in [4.78, 5) is 9.12. The molecule has 1 aromatic heterocycles. The minimum atomic E-state index is 0.722. The molecule has 0 unspecified atom stereocenters. The van der Waals surface area contributed by atoms with Crippen LogP contribution in [0.5, 0.6) is 0 Å². The van der Waals surface area contributed by atoms with Crippen LogP contribution in [0, 0.1) is 0 Å². The van der Waals surface area contributed by atoms with Crippen molar-refractivity contribution in [3.63, 3.8) is 0 Å². The zero-order valence-electron chi connectivity index (χ0n) is 11.0. The Morgan fingerprint density at radius 3 is 2.30 bits per heavy atom. The van der Waals surface area contributed by atoms with Crippen LogP contribution in [0.2, 0.25) is 0 Å². The number of hydrogen-bond acceptors (Lipinski definition) is 3. The van der Waals surface area contributed by atoms with Crippen LogP contribution >= 0.6 is 24.4 Å². The molecule has 3 aromatic rings. The molecule has 0 bridgehead atoms. The van der Waals surface area contributed by atoms with Crippen LogP contribution in [0.1, 0.15) is 0 Å². The Balaban J connectivity index is 2.00. The monoisotopic (exact) mass is 298 g/mol. The molecule has 20 heavy (non-hydrogen) atoms. The van der Waals surface area contributed by atoms with Crippen molar-refractivity contribution >= 4 is 24.4 Å². The zero-order valence-corrected chi connectivity index (χ0v) is 12.7. The van der Waals surface area contributed by atoms with Crippen molar-refractivity contribution in [2.75, 3.05) is 6.26 Å². The van der Waals surface area contributed by atoms with Crippen LogP contribution in [0.4, 0.5) is 0 Å². The third-order valence-corrected chi connectivity index (χ3v) is 4.18. The summed E-state index contributed by atoms with van der Waals surface area (Å²) in [6.07, 6.45) is 2.07. The van der Waals surface area contributed by atoms with Gasteiger partial charge >= 0.3 is 0 Å². The van der Waals surface area contributed by atoms with E-state index in [0.717, 1.165) is 27.7 Å². The summed E-state index contributed by atoms with van der Waals surface area (Å²) >= 11 is 6.20. The van der Waals surface area contributed by atoms with Gasteiger partial charge in [0.05, 0.1) is 5.69 Å². The van der Waals surface area contributed by atoms with Gasteiger partial charge < -0.3 is 4.98 Å². The second-order valence-electron chi connectivity index (χ2n) is 4.38. The molecule has 3 rings (SSSR count). The molecule has 0 spiro atoms. The quantitative estimate of drug-likeness (QED) is 0.539. The normalized spacial score (nSPS) is 10.7. The van der Waals surface area contributed by atoms with Gasteiger partial charge in [-0.25, -0.2) is 4.98 Å². The van der Waals surface area contributed by atoms with Crippen molar-refractivity contribution in [3.05, 3.63) is 54.6 Å². The minimum absolute atomic E-state index is 0.722. The Morgan fingerprint density at radius 1 is 0.950 bits per heavy atom. The van der Waals surface area contributed by atoms with Crippen LogP contribution in [-0.2, 0) is 0 Å². The third kappa shape index (κ3) is 2.62. The molecule has 0 radical (unpaired) electrons. The molecule has 1 N–H and O–H groups in total. The molecule has 0 saturated heterocycles. The third-order valence-electron chi connectivity index (χ3n) is 3.11. The largest absolute Gasteiger partial charge is 0.337 e. The lowest BCUT2D eigenvalue weighted by atomic mass is 10.2. The van der Waals surface area contributed by atoms with E-state index in [1.54, 1.807) is 11.8 Å². The summed E-state index contributed by atoms with van der Waals surface area (Å²) in [6, 6.07) is 18.5. The maximum atomic E-state index is 4.51. The standard InChI is InChI=1S/C16H14N2S2/c1-20-13-9-7-12(8-10-13)15-17-14(16(19)18-15)11-5-3-2-4-6-11/h2-10,19H,1H3,(H,17,18). The van der Waals surface area contributed by atoms with Gasteiger partial charge in [-0.15, -0.1) is 24.4 Å². The molecule has 100 valence electrons. The molecule has 4 heteroatoms. The van der Waals surface area contributed by atoms with E-state index in [9.17, 15) is 0 Å². The average Bonchev–Trinajstić information content (AvgIpc) is 2.90. The van der Waals surface area contributed by atoms with Crippen molar-refractivity contribution in [1.82, 2.24) is 9.97 Å². The summed E-state index contributed by atoms with van der Waals surface area (Å²) in [5.41, 5.74) is 3.12. The number of thiol groups is 1. The van der Waals surface area contributed by atoms with Crippen LogP contribution in [0.25, 0.3) is 22.6 Å². The van der Waals surface area contributed by atoms with Gasteiger partial charge in [0.25, 0.3) is 0 Å². The molecule has 2 nitrogen and oxygen atoms in total. The molecule has 0 aliphatic carbocycles. The van der Waals surface area contributed by atoms with Crippen molar-refractivity contribution in [1.29, 1.82) is 0 Å². The highest BCUT2D eigenvalue weighted by Crippen LogP contribution is 2.28. The highest BCUT2D eigenvalue weighted by Gasteiger charge is 2.10. The average molecular weight is 298 g/mol. The first-order valence-electron chi connectivity index (χ1n) is 6.27. The van der Waals surface area contributed by atoms with E-state index in [1.165, 1.54) is 4.90 Å². The summed E-state index contributed by atoms with van der Waals surface area (Å²) in [6.45, 7) is 0. The number of imidazole rings is 1. The molecule has 0 aliphatic rings. The first-order chi connectivity index (χ1) is 9.78. The van der Waals surface area contributed by atoms with E-state index in [1.807, 2.05) is 30.3 Å². The molecule has 1 heterocycles. The summed E-state index contributed by atoms with van der Waals surface area (Å²) < 4.78 is 0. The van der Waals surface area contributed by atoms with Crippen molar-refractivity contribution in [2.45, 2.75) is 9.92 Å². The van der Waals surface area contributed by atoms with E-state index in [0.29, 0.717) is 0 Å². The van der Waals surface area contributed by atoms with Gasteiger partial charge in [0.2, 0.25) is 0 Å². The van der Waals surface area contributed by atoms with Crippen LogP contribution < -0.4 is 0 Å². The van der Waals surface area contributed by atoms with E-state index >= 15 is 0 Å². The first-order valence-corrected chi connectivity index (χ1v) is 7.94. The van der Waals surface area contributed by atoms with Crippen molar-refractivity contribution in [2.24, 2.45) is 0 Å². The summed E-state index contributed by atoms with van der Waals surface area (Å²) in [5.74, 6) is 0.849. The zero-order chi connectivity index (χ0) is 13.9. The lowest BCUT2D eigenvalue weighted by molar-refractivity contribution is 1.21. The Hall–Kier alpha value is -1.65. The molecule has 0 saturated carbocycles. The van der Waals surface area contributed by atoms with Gasteiger partial charge in [-0.05, 0) is 18.4 Å². The fourth-order valence-corrected chi connectivity index (χ4v) is 2.75. The number of hydrogen-bond donors (Lipinski definition) is 2. The molecule has 0 aliphatic heterocycles. The number of benzene rings is 2. The van der Waals surface area contributed by atoms with Crippen LogP contribution in [0.3, 0.4) is 0 Å². The van der Waals surface area contributed by atoms with Gasteiger partial charge in [-0.3, -0.25) is 0 Å². The molecular weight excluding hydrogens is 284 g/mol. The van der Waals surface area contributed by atoms with Gasteiger partial charge in [0.1, 0.15) is 10.9 Å². The number of aromatic nitrogens is 2. The van der Waals surface area contributed by atoms with Gasteiger partial charge in [0.15, 0.2) is 0 Å². The predicted molar refractivity (Wildman–Crippen MR) is 88.5 cm³/mol. The Labute approximate surface area is 128 Å². The van der Waals surface area contributed by atoms with E-state index in [2.05, 4.69) is 53.1 Å². The molecule has 2 aromatic carbocycles. The fourth-order valence-electron chi connectivity index (χ4n) is 2.06. The molecule has 0 atom stereocenters. The Bertz CT molecular complexity index is 703. The van der Waals surface area contributed by atoms with Crippen LogP contribution in [-0.4, -0.2) is 16.2 Å². The summed E-state index contributed by atoms with van der Waals surface area (Å²) in [7, 11) is 0. The molecule has 0 amide bonds. The summed E-state index contributed by atoms with van der Waals surface area (Å²) in [5, 5.41) is 0.722. The lowest BCUT2D eigenvalue weighted by Crippen LogP contribution is -1.81. The number of rotatable bonds is 3. The molecule has 0 fully saturated rings. The Morgan fingerprint density at radius 2 is 1.65 bits per heavy atom. The minimum Gasteiger partial charge on any atom is -0.337 e. The Kier molecular flexibility index (Phi) is 3.85. The number of H-pyrrole nitrogens is 1. The van der Waals surface area contributed by atoms with E-state index < -0.39 is 0 Å².